The molecule has 0 N–H and O–H groups in total. The first kappa shape index (κ1) is 14.9. The number of aromatic nitrogens is 1. The summed E-state index contributed by atoms with van der Waals surface area (Å²) in [4.78, 5) is 27.4. The number of esters is 1. The average molecular weight is 399 g/mol. The van der Waals surface area contributed by atoms with Gasteiger partial charge in [0.1, 0.15) is 5.69 Å². The molecule has 0 aliphatic heterocycles. The lowest BCUT2D eigenvalue weighted by atomic mass is 10.1. The van der Waals surface area contributed by atoms with Crippen molar-refractivity contribution in [2.24, 2.45) is 0 Å². The van der Waals surface area contributed by atoms with Crippen molar-refractivity contribution >= 4 is 43.6 Å². The summed E-state index contributed by atoms with van der Waals surface area (Å²) in [5.41, 5.74) is 0.654. The monoisotopic (exact) mass is 397 g/mol. The number of halogens is 2. The zero-order valence-electron chi connectivity index (χ0n) is 10.2. The minimum Gasteiger partial charge on any atom is -0.453 e. The molecule has 0 spiro atoms. The second-order valence-corrected chi connectivity index (χ2v) is 5.70. The van der Waals surface area contributed by atoms with Gasteiger partial charge in [-0.15, -0.1) is 0 Å². The summed E-state index contributed by atoms with van der Waals surface area (Å²) < 4.78 is 6.58. The zero-order valence-corrected chi connectivity index (χ0v) is 13.3. The minimum absolute atomic E-state index is 0.164. The van der Waals surface area contributed by atoms with Gasteiger partial charge in [-0.25, -0.2) is 9.78 Å². The quantitative estimate of drug-likeness (QED) is 0.582. The molecule has 1 aromatic carbocycles. The van der Waals surface area contributed by atoms with Gasteiger partial charge in [-0.3, -0.25) is 4.79 Å². The van der Waals surface area contributed by atoms with Gasteiger partial charge in [0.15, 0.2) is 12.4 Å². The smallest absolute Gasteiger partial charge is 0.357 e. The number of benzene rings is 1. The SMILES string of the molecule is O=C(COC(=O)c1ccc(Br)cn1)c1ccc(Br)cc1. The van der Waals surface area contributed by atoms with Crippen molar-refractivity contribution in [2.75, 3.05) is 6.61 Å². The Kier molecular flexibility index (Phi) is 5.03. The molecule has 0 amide bonds. The van der Waals surface area contributed by atoms with Gasteiger partial charge >= 0.3 is 5.97 Å². The Balaban J connectivity index is 1.94. The van der Waals surface area contributed by atoms with Crippen LogP contribution in [0.2, 0.25) is 0 Å². The van der Waals surface area contributed by atoms with Gasteiger partial charge in [0.25, 0.3) is 0 Å². The molecule has 1 heterocycles. The van der Waals surface area contributed by atoms with Crippen molar-refractivity contribution in [1.82, 2.24) is 4.98 Å². The van der Waals surface area contributed by atoms with E-state index in [-0.39, 0.29) is 18.1 Å². The lowest BCUT2D eigenvalue weighted by Crippen LogP contribution is -2.15. The van der Waals surface area contributed by atoms with Gasteiger partial charge in [-0.05, 0) is 40.2 Å². The third-order valence-electron chi connectivity index (χ3n) is 2.44. The van der Waals surface area contributed by atoms with Crippen LogP contribution in [0.15, 0.2) is 51.5 Å². The molecule has 0 fully saturated rings. The molecule has 0 atom stereocenters. The van der Waals surface area contributed by atoms with E-state index in [2.05, 4.69) is 36.8 Å². The third kappa shape index (κ3) is 3.98. The number of pyridine rings is 1. The standard InChI is InChI=1S/C14H9Br2NO3/c15-10-3-1-9(2-4-10)13(18)8-20-14(19)12-6-5-11(16)7-17-12/h1-7H,8H2. The van der Waals surface area contributed by atoms with E-state index in [0.717, 1.165) is 8.95 Å². The molecule has 0 aliphatic carbocycles. The molecule has 0 radical (unpaired) electrons. The highest BCUT2D eigenvalue weighted by Gasteiger charge is 2.12. The molecule has 1 aromatic heterocycles. The summed E-state index contributed by atoms with van der Waals surface area (Å²) >= 11 is 6.50. The first-order chi connectivity index (χ1) is 9.56. The van der Waals surface area contributed by atoms with Gasteiger partial charge < -0.3 is 4.74 Å². The molecule has 0 aliphatic rings. The van der Waals surface area contributed by atoms with Gasteiger partial charge in [0, 0.05) is 20.7 Å². The number of carbonyl (C=O) groups excluding carboxylic acids is 2. The first-order valence-corrected chi connectivity index (χ1v) is 7.22. The van der Waals surface area contributed by atoms with Gasteiger partial charge in [0.05, 0.1) is 0 Å². The van der Waals surface area contributed by atoms with Crippen molar-refractivity contribution in [3.63, 3.8) is 0 Å². The second kappa shape index (κ2) is 6.76. The molecule has 2 aromatic rings. The van der Waals surface area contributed by atoms with Crippen LogP contribution in [0.3, 0.4) is 0 Å². The Morgan fingerprint density at radius 2 is 1.65 bits per heavy atom. The van der Waals surface area contributed by atoms with Crippen molar-refractivity contribution in [1.29, 1.82) is 0 Å². The second-order valence-electron chi connectivity index (χ2n) is 3.87. The van der Waals surface area contributed by atoms with Gasteiger partial charge in [0.2, 0.25) is 0 Å². The molecule has 0 unspecified atom stereocenters. The lowest BCUT2D eigenvalue weighted by Gasteiger charge is -2.04. The van der Waals surface area contributed by atoms with Crippen molar-refractivity contribution < 1.29 is 14.3 Å². The maximum Gasteiger partial charge on any atom is 0.357 e. The fourth-order valence-corrected chi connectivity index (χ4v) is 1.92. The van der Waals surface area contributed by atoms with Crippen LogP contribution < -0.4 is 0 Å². The fraction of sp³-hybridized carbons (Fsp3) is 0.0714. The third-order valence-corrected chi connectivity index (χ3v) is 3.43. The number of Topliss-reactive ketones (excluding diaryl/α,β-unsaturated/α-hetero) is 1. The molecular weight excluding hydrogens is 390 g/mol. The highest BCUT2D eigenvalue weighted by atomic mass is 79.9. The Hall–Kier alpha value is -1.53. The van der Waals surface area contributed by atoms with Crippen LogP contribution in [0.1, 0.15) is 20.8 Å². The molecule has 20 heavy (non-hydrogen) atoms. The minimum atomic E-state index is -0.622. The van der Waals surface area contributed by atoms with Crippen molar-refractivity contribution in [3.05, 3.63) is 62.8 Å². The summed E-state index contributed by atoms with van der Waals surface area (Å²) in [7, 11) is 0. The Morgan fingerprint density at radius 3 is 2.25 bits per heavy atom. The number of ether oxygens (including phenoxy) is 1. The number of nitrogens with zero attached hydrogens (tertiary/aromatic N) is 1. The average Bonchev–Trinajstić information content (AvgIpc) is 2.46. The predicted octanol–water partition coefficient (Wildman–Crippen LogP) is 3.65. The summed E-state index contributed by atoms with van der Waals surface area (Å²) in [6.07, 6.45) is 1.49. The number of hydrogen-bond donors (Lipinski definition) is 0. The normalized spacial score (nSPS) is 10.1. The van der Waals surface area contributed by atoms with E-state index in [9.17, 15) is 9.59 Å². The highest BCUT2D eigenvalue weighted by molar-refractivity contribution is 9.10. The number of rotatable bonds is 4. The molecule has 6 heteroatoms. The molecule has 4 nitrogen and oxygen atoms in total. The number of ketones is 1. The van der Waals surface area contributed by atoms with E-state index in [0.29, 0.717) is 5.56 Å². The van der Waals surface area contributed by atoms with E-state index in [1.54, 1.807) is 30.3 Å². The number of carbonyl (C=O) groups is 2. The van der Waals surface area contributed by atoms with Crippen molar-refractivity contribution in [3.8, 4) is 0 Å². The summed E-state index contributed by atoms with van der Waals surface area (Å²) in [5, 5.41) is 0. The van der Waals surface area contributed by atoms with Crippen LogP contribution in [0.5, 0.6) is 0 Å². The molecular formula is C14H9Br2NO3. The maximum absolute atomic E-state index is 11.8. The fourth-order valence-electron chi connectivity index (χ4n) is 1.42. The van der Waals surface area contributed by atoms with Crippen LogP contribution in [0, 0.1) is 0 Å². The molecule has 0 saturated carbocycles. The summed E-state index contributed by atoms with van der Waals surface area (Å²) in [5.74, 6) is -0.883. The van der Waals surface area contributed by atoms with Gasteiger partial charge in [-0.2, -0.15) is 0 Å². The molecule has 0 saturated heterocycles. The van der Waals surface area contributed by atoms with Crippen molar-refractivity contribution in [2.45, 2.75) is 0 Å². The zero-order chi connectivity index (χ0) is 14.5. The number of hydrogen-bond acceptors (Lipinski definition) is 4. The lowest BCUT2D eigenvalue weighted by molar-refractivity contribution is 0.0469. The van der Waals surface area contributed by atoms with Crippen LogP contribution in [0.4, 0.5) is 0 Å². The summed E-state index contributed by atoms with van der Waals surface area (Å²) in [6, 6.07) is 10.0. The van der Waals surface area contributed by atoms with Gasteiger partial charge in [-0.1, -0.05) is 28.1 Å². The highest BCUT2D eigenvalue weighted by Crippen LogP contribution is 2.12. The van der Waals surface area contributed by atoms with Crippen LogP contribution in [-0.2, 0) is 4.74 Å². The topological polar surface area (TPSA) is 56.3 Å². The van der Waals surface area contributed by atoms with E-state index in [4.69, 9.17) is 4.74 Å². The van der Waals surface area contributed by atoms with Crippen LogP contribution >= 0.6 is 31.9 Å². The molecule has 2 rings (SSSR count). The van der Waals surface area contributed by atoms with Crippen LogP contribution in [-0.4, -0.2) is 23.3 Å². The predicted molar refractivity (Wildman–Crippen MR) is 80.7 cm³/mol. The van der Waals surface area contributed by atoms with E-state index in [1.165, 1.54) is 12.3 Å². The Bertz CT molecular complexity index is 566. The first-order valence-electron chi connectivity index (χ1n) is 5.64. The Labute approximate surface area is 132 Å². The van der Waals surface area contributed by atoms with E-state index < -0.39 is 5.97 Å². The van der Waals surface area contributed by atoms with Crippen LogP contribution in [0.25, 0.3) is 0 Å². The molecule has 102 valence electrons. The maximum atomic E-state index is 11.8. The summed E-state index contributed by atoms with van der Waals surface area (Å²) in [6.45, 7) is -0.307. The Morgan fingerprint density at radius 1 is 1.00 bits per heavy atom. The van der Waals surface area contributed by atoms with E-state index in [1.807, 2.05) is 0 Å². The largest absolute Gasteiger partial charge is 0.453 e. The molecule has 0 bridgehead atoms. The van der Waals surface area contributed by atoms with E-state index >= 15 is 0 Å².